The number of ether oxygens (including phenoxy) is 1. The fraction of sp³-hybridized carbons (Fsp3) is 0.214. The Balaban J connectivity index is 1.88. The van der Waals surface area contributed by atoms with E-state index in [1.54, 1.807) is 12.4 Å². The third-order valence-corrected chi connectivity index (χ3v) is 3.05. The van der Waals surface area contributed by atoms with E-state index in [2.05, 4.69) is 9.97 Å². The second-order valence-electron chi connectivity index (χ2n) is 4.09. The third kappa shape index (κ3) is 3.68. The lowest BCUT2D eigenvalue weighted by molar-refractivity contribution is 0.0696. The number of carboxylic acid groups (broad SMARTS) is 1. The van der Waals surface area contributed by atoms with Crippen LogP contribution in [0.5, 0.6) is 5.88 Å². The number of hydrogen-bond donors (Lipinski definition) is 1. The van der Waals surface area contributed by atoms with Crippen LogP contribution in [-0.2, 0) is 6.42 Å². The smallest absolute Gasteiger partial charge is 0.337 e. The molecule has 0 saturated carbocycles. The Kier molecular flexibility index (Phi) is 4.90. The zero-order valence-electron chi connectivity index (χ0n) is 10.6. The molecular formula is C14H13ClN2O3. The van der Waals surface area contributed by atoms with Gasteiger partial charge in [-0.25, -0.2) is 9.78 Å². The van der Waals surface area contributed by atoms with Crippen molar-refractivity contribution in [2.24, 2.45) is 0 Å². The number of halogens is 1. The van der Waals surface area contributed by atoms with Crippen molar-refractivity contribution in [1.29, 1.82) is 0 Å². The molecule has 0 bridgehead atoms. The molecule has 0 atom stereocenters. The van der Waals surface area contributed by atoms with Crippen molar-refractivity contribution in [3.8, 4) is 5.88 Å². The molecule has 104 valence electrons. The number of hydrogen-bond acceptors (Lipinski definition) is 4. The first-order chi connectivity index (χ1) is 9.68. The summed E-state index contributed by atoms with van der Waals surface area (Å²) >= 11 is 5.92. The maximum Gasteiger partial charge on any atom is 0.337 e. The van der Waals surface area contributed by atoms with Gasteiger partial charge in [0, 0.05) is 18.6 Å². The van der Waals surface area contributed by atoms with E-state index in [0.717, 1.165) is 12.8 Å². The number of aryl methyl sites for hydroxylation is 1. The molecule has 1 N–H and O–H groups in total. The summed E-state index contributed by atoms with van der Waals surface area (Å²) in [4.78, 5) is 18.8. The van der Waals surface area contributed by atoms with Crippen molar-refractivity contribution in [2.45, 2.75) is 12.8 Å². The first-order valence-electron chi connectivity index (χ1n) is 6.08. The average Bonchev–Trinajstić information content (AvgIpc) is 2.46. The van der Waals surface area contributed by atoms with Crippen molar-refractivity contribution in [2.75, 3.05) is 6.61 Å². The molecule has 2 heterocycles. The molecule has 0 spiro atoms. The lowest BCUT2D eigenvalue weighted by Crippen LogP contribution is -2.04. The number of carboxylic acids is 1. The molecule has 0 radical (unpaired) electrons. The summed E-state index contributed by atoms with van der Waals surface area (Å²) in [6.07, 6.45) is 6.47. The standard InChI is InChI=1S/C14H13ClN2O3/c15-12-11(14(18)19)5-8-17-13(12)20-9-1-2-10-3-6-16-7-4-10/h3-8H,1-2,9H2,(H,18,19). The molecule has 5 nitrogen and oxygen atoms in total. The summed E-state index contributed by atoms with van der Waals surface area (Å²) in [6.45, 7) is 0.415. The van der Waals surface area contributed by atoms with Crippen LogP contribution in [0.2, 0.25) is 5.02 Å². The van der Waals surface area contributed by atoms with E-state index in [-0.39, 0.29) is 16.5 Å². The monoisotopic (exact) mass is 292 g/mol. The van der Waals surface area contributed by atoms with Crippen LogP contribution in [0.25, 0.3) is 0 Å². The minimum Gasteiger partial charge on any atom is -0.478 e. The predicted octanol–water partition coefficient (Wildman–Crippen LogP) is 2.84. The lowest BCUT2D eigenvalue weighted by Gasteiger charge is -2.08. The Bertz CT molecular complexity index is 590. The molecule has 0 aromatic carbocycles. The van der Waals surface area contributed by atoms with Crippen LogP contribution >= 0.6 is 11.6 Å². The summed E-state index contributed by atoms with van der Waals surface area (Å²) in [5.74, 6) is -0.944. The van der Waals surface area contributed by atoms with Crippen molar-refractivity contribution < 1.29 is 14.6 Å². The number of nitrogens with zero attached hydrogens (tertiary/aromatic N) is 2. The van der Waals surface area contributed by atoms with E-state index < -0.39 is 5.97 Å². The van der Waals surface area contributed by atoms with Gasteiger partial charge in [0.25, 0.3) is 0 Å². The molecule has 0 amide bonds. The zero-order chi connectivity index (χ0) is 14.4. The summed E-state index contributed by atoms with van der Waals surface area (Å²) < 4.78 is 5.43. The second kappa shape index (κ2) is 6.86. The highest BCUT2D eigenvalue weighted by Gasteiger charge is 2.14. The van der Waals surface area contributed by atoms with Gasteiger partial charge < -0.3 is 9.84 Å². The van der Waals surface area contributed by atoms with Crippen LogP contribution in [-0.4, -0.2) is 27.7 Å². The Morgan fingerprint density at radius 1 is 1.25 bits per heavy atom. The van der Waals surface area contributed by atoms with Gasteiger partial charge in [-0.2, -0.15) is 0 Å². The van der Waals surface area contributed by atoms with Crippen molar-refractivity contribution >= 4 is 17.6 Å². The van der Waals surface area contributed by atoms with E-state index in [0.29, 0.717) is 6.61 Å². The number of aromatic nitrogens is 2. The van der Waals surface area contributed by atoms with Crippen LogP contribution in [0.3, 0.4) is 0 Å². The number of carbonyl (C=O) groups is 1. The summed E-state index contributed by atoms with van der Waals surface area (Å²) in [5, 5.41) is 8.97. The van der Waals surface area contributed by atoms with E-state index in [4.69, 9.17) is 21.4 Å². The normalized spacial score (nSPS) is 10.2. The molecule has 0 aliphatic heterocycles. The molecule has 2 rings (SSSR count). The second-order valence-corrected chi connectivity index (χ2v) is 4.47. The molecule has 6 heteroatoms. The maximum atomic E-state index is 10.9. The van der Waals surface area contributed by atoms with Gasteiger partial charge >= 0.3 is 5.97 Å². The maximum absolute atomic E-state index is 10.9. The van der Waals surface area contributed by atoms with Gasteiger partial charge in [0.2, 0.25) is 5.88 Å². The quantitative estimate of drug-likeness (QED) is 0.829. The topological polar surface area (TPSA) is 72.3 Å². The van der Waals surface area contributed by atoms with Crippen molar-refractivity contribution in [3.05, 3.63) is 52.9 Å². The van der Waals surface area contributed by atoms with Crippen LogP contribution < -0.4 is 4.74 Å². The Morgan fingerprint density at radius 2 is 2.00 bits per heavy atom. The highest BCUT2D eigenvalue weighted by atomic mass is 35.5. The van der Waals surface area contributed by atoms with Crippen LogP contribution in [0.1, 0.15) is 22.3 Å². The fourth-order valence-corrected chi connectivity index (χ4v) is 1.93. The molecule has 2 aromatic heterocycles. The van der Waals surface area contributed by atoms with E-state index in [1.807, 2.05) is 12.1 Å². The third-order valence-electron chi connectivity index (χ3n) is 2.69. The molecule has 0 unspecified atom stereocenters. The Morgan fingerprint density at radius 3 is 2.70 bits per heavy atom. The number of aromatic carboxylic acids is 1. The van der Waals surface area contributed by atoms with Gasteiger partial charge in [-0.1, -0.05) is 11.6 Å². The molecule has 0 saturated heterocycles. The van der Waals surface area contributed by atoms with Crippen molar-refractivity contribution in [1.82, 2.24) is 9.97 Å². The van der Waals surface area contributed by atoms with Crippen LogP contribution in [0, 0.1) is 0 Å². The molecular weight excluding hydrogens is 280 g/mol. The predicted molar refractivity (Wildman–Crippen MR) is 74.3 cm³/mol. The Hall–Kier alpha value is -2.14. The minimum atomic E-state index is -1.10. The first kappa shape index (κ1) is 14.3. The first-order valence-corrected chi connectivity index (χ1v) is 6.46. The van der Waals surface area contributed by atoms with Gasteiger partial charge in [0.05, 0.1) is 12.2 Å². The van der Waals surface area contributed by atoms with Gasteiger partial charge in [0.1, 0.15) is 5.02 Å². The van der Waals surface area contributed by atoms with E-state index in [9.17, 15) is 4.79 Å². The molecule has 20 heavy (non-hydrogen) atoms. The van der Waals surface area contributed by atoms with Crippen LogP contribution in [0.15, 0.2) is 36.8 Å². The molecule has 0 aliphatic rings. The number of pyridine rings is 2. The highest BCUT2D eigenvalue weighted by molar-refractivity contribution is 6.34. The zero-order valence-corrected chi connectivity index (χ0v) is 11.4. The van der Waals surface area contributed by atoms with E-state index in [1.165, 1.54) is 17.8 Å². The molecule has 2 aromatic rings. The van der Waals surface area contributed by atoms with E-state index >= 15 is 0 Å². The van der Waals surface area contributed by atoms with Crippen LogP contribution in [0.4, 0.5) is 0 Å². The average molecular weight is 293 g/mol. The minimum absolute atomic E-state index is 0.00852. The lowest BCUT2D eigenvalue weighted by atomic mass is 10.1. The highest BCUT2D eigenvalue weighted by Crippen LogP contribution is 2.25. The Labute approximate surface area is 121 Å². The summed E-state index contributed by atoms with van der Waals surface area (Å²) in [6, 6.07) is 5.22. The largest absolute Gasteiger partial charge is 0.478 e. The van der Waals surface area contributed by atoms with Gasteiger partial charge in [-0.15, -0.1) is 0 Å². The summed E-state index contributed by atoms with van der Waals surface area (Å²) in [7, 11) is 0. The summed E-state index contributed by atoms with van der Waals surface area (Å²) in [5.41, 5.74) is 1.16. The SMILES string of the molecule is O=C(O)c1ccnc(OCCCc2ccncc2)c1Cl. The molecule has 0 fully saturated rings. The van der Waals surface area contributed by atoms with Gasteiger partial charge in [-0.05, 0) is 36.6 Å². The molecule has 0 aliphatic carbocycles. The van der Waals surface area contributed by atoms with Gasteiger partial charge in [-0.3, -0.25) is 4.98 Å². The number of rotatable bonds is 6. The van der Waals surface area contributed by atoms with Crippen molar-refractivity contribution in [3.63, 3.8) is 0 Å². The van der Waals surface area contributed by atoms with Gasteiger partial charge in [0.15, 0.2) is 0 Å². The fourth-order valence-electron chi connectivity index (χ4n) is 1.68.